The molecule has 1 saturated carbocycles. The monoisotopic (exact) mass is 341 g/mol. The fourth-order valence-corrected chi connectivity index (χ4v) is 4.15. The van der Waals surface area contributed by atoms with Crippen molar-refractivity contribution in [3.63, 3.8) is 0 Å². The summed E-state index contributed by atoms with van der Waals surface area (Å²) in [6.45, 7) is 5.50. The quantitative estimate of drug-likeness (QED) is 0.890. The molecule has 3 heterocycles. The molecule has 4 rings (SSSR count). The summed E-state index contributed by atoms with van der Waals surface area (Å²) in [6.07, 6.45) is 6.55. The maximum Gasteiger partial charge on any atom is 0.315 e. The second-order valence-electron chi connectivity index (χ2n) is 7.31. The molecule has 7 heteroatoms. The normalized spacial score (nSPS) is 26.6. The van der Waals surface area contributed by atoms with E-state index in [2.05, 4.69) is 34.6 Å². The number of pyridine rings is 1. The Hall–Kier alpha value is -2.41. The number of nitrogens with zero attached hydrogens (tertiary/aromatic N) is 3. The number of rotatable bonds is 4. The van der Waals surface area contributed by atoms with E-state index in [1.165, 1.54) is 0 Å². The fourth-order valence-electron chi connectivity index (χ4n) is 4.15. The van der Waals surface area contributed by atoms with E-state index in [0.29, 0.717) is 12.5 Å². The predicted molar refractivity (Wildman–Crippen MR) is 92.1 cm³/mol. The number of carbonyl (C=O) groups excluding carboxylic acids is 1. The van der Waals surface area contributed by atoms with Gasteiger partial charge in [-0.1, -0.05) is 19.9 Å². The number of fused-ring (bicyclic) bond motifs is 1. The molecule has 3 atom stereocenters. The van der Waals surface area contributed by atoms with Crippen molar-refractivity contribution in [3.8, 4) is 5.82 Å². The van der Waals surface area contributed by atoms with Crippen LogP contribution in [-0.4, -0.2) is 39.5 Å². The van der Waals surface area contributed by atoms with Crippen LogP contribution in [0.3, 0.4) is 0 Å². The SMILES string of the molecule is CC1(C)[C@H](NC(=O)NCc2cccnc2-n2cccn2)[C@@H]2CCO[C@H]21. The zero-order valence-electron chi connectivity index (χ0n) is 14.5. The molecule has 0 radical (unpaired) electrons. The summed E-state index contributed by atoms with van der Waals surface area (Å²) in [6, 6.07) is 5.64. The van der Waals surface area contributed by atoms with E-state index in [9.17, 15) is 4.79 Å². The average molecular weight is 341 g/mol. The number of carbonyl (C=O) groups is 1. The lowest BCUT2D eigenvalue weighted by Gasteiger charge is -2.54. The van der Waals surface area contributed by atoms with E-state index in [1.807, 2.05) is 24.4 Å². The predicted octanol–water partition coefficient (Wildman–Crippen LogP) is 1.88. The molecule has 2 aromatic heterocycles. The van der Waals surface area contributed by atoms with Crippen LogP contribution in [0, 0.1) is 11.3 Å². The Bertz CT molecular complexity index is 759. The third-order valence-corrected chi connectivity index (χ3v) is 5.42. The van der Waals surface area contributed by atoms with Crippen LogP contribution in [0.15, 0.2) is 36.8 Å². The molecule has 2 N–H and O–H groups in total. The summed E-state index contributed by atoms with van der Waals surface area (Å²) in [7, 11) is 0. The van der Waals surface area contributed by atoms with Crippen molar-refractivity contribution in [3.05, 3.63) is 42.4 Å². The van der Waals surface area contributed by atoms with Gasteiger partial charge in [-0.05, 0) is 18.6 Å². The van der Waals surface area contributed by atoms with E-state index in [1.54, 1.807) is 17.1 Å². The minimum absolute atomic E-state index is 0.0208. The molecule has 1 aliphatic heterocycles. The maximum atomic E-state index is 12.4. The molecule has 7 nitrogen and oxygen atoms in total. The van der Waals surface area contributed by atoms with Crippen LogP contribution in [0.25, 0.3) is 5.82 Å². The number of aromatic nitrogens is 3. The molecule has 0 aromatic carbocycles. The first kappa shape index (κ1) is 16.1. The number of urea groups is 1. The summed E-state index contributed by atoms with van der Waals surface area (Å²) < 4.78 is 7.47. The van der Waals surface area contributed by atoms with E-state index in [4.69, 9.17) is 4.74 Å². The van der Waals surface area contributed by atoms with Gasteiger partial charge in [0.1, 0.15) is 0 Å². The molecule has 1 saturated heterocycles. The summed E-state index contributed by atoms with van der Waals surface area (Å²) in [4.78, 5) is 16.8. The molecule has 2 aliphatic rings. The second-order valence-corrected chi connectivity index (χ2v) is 7.31. The number of amides is 2. The minimum atomic E-state index is -0.154. The van der Waals surface area contributed by atoms with Gasteiger partial charge in [0.25, 0.3) is 0 Å². The Balaban J connectivity index is 1.39. The summed E-state index contributed by atoms with van der Waals surface area (Å²) in [5.41, 5.74) is 0.892. The Labute approximate surface area is 146 Å². The van der Waals surface area contributed by atoms with Crippen LogP contribution in [0.1, 0.15) is 25.8 Å². The van der Waals surface area contributed by atoms with Crippen LogP contribution < -0.4 is 10.6 Å². The Kier molecular flexibility index (Phi) is 3.95. The highest BCUT2D eigenvalue weighted by atomic mass is 16.5. The summed E-state index contributed by atoms with van der Waals surface area (Å²) in [5, 5.41) is 10.3. The van der Waals surface area contributed by atoms with Gasteiger partial charge in [0.05, 0.1) is 6.10 Å². The Morgan fingerprint density at radius 3 is 3.08 bits per heavy atom. The van der Waals surface area contributed by atoms with E-state index < -0.39 is 0 Å². The van der Waals surface area contributed by atoms with Crippen LogP contribution >= 0.6 is 0 Å². The van der Waals surface area contributed by atoms with Crippen molar-refractivity contribution in [2.24, 2.45) is 11.3 Å². The van der Waals surface area contributed by atoms with Crippen molar-refractivity contribution in [1.82, 2.24) is 25.4 Å². The number of hydrogen-bond acceptors (Lipinski definition) is 4. The van der Waals surface area contributed by atoms with E-state index in [0.717, 1.165) is 24.4 Å². The third kappa shape index (κ3) is 2.78. The molecule has 1 aliphatic carbocycles. The topological polar surface area (TPSA) is 81.1 Å². The van der Waals surface area contributed by atoms with Gasteiger partial charge >= 0.3 is 6.03 Å². The van der Waals surface area contributed by atoms with Gasteiger partial charge in [-0.3, -0.25) is 0 Å². The lowest BCUT2D eigenvalue weighted by molar-refractivity contribution is -0.108. The van der Waals surface area contributed by atoms with Gasteiger partial charge in [0, 0.05) is 54.7 Å². The molecular weight excluding hydrogens is 318 g/mol. The molecular formula is C18H23N5O2. The molecule has 0 unspecified atom stereocenters. The van der Waals surface area contributed by atoms with Gasteiger partial charge < -0.3 is 15.4 Å². The van der Waals surface area contributed by atoms with Gasteiger partial charge in [-0.25, -0.2) is 14.5 Å². The Morgan fingerprint density at radius 1 is 1.40 bits per heavy atom. The maximum absolute atomic E-state index is 12.4. The van der Waals surface area contributed by atoms with Crippen LogP contribution in [-0.2, 0) is 11.3 Å². The summed E-state index contributed by atoms with van der Waals surface area (Å²) in [5.74, 6) is 1.15. The first-order valence-corrected chi connectivity index (χ1v) is 8.67. The molecule has 0 bridgehead atoms. The van der Waals surface area contributed by atoms with Crippen molar-refractivity contribution in [2.75, 3.05) is 6.61 Å². The molecule has 2 fully saturated rings. The van der Waals surface area contributed by atoms with Crippen molar-refractivity contribution in [1.29, 1.82) is 0 Å². The van der Waals surface area contributed by atoms with Crippen molar-refractivity contribution < 1.29 is 9.53 Å². The van der Waals surface area contributed by atoms with E-state index in [-0.39, 0.29) is 23.6 Å². The summed E-state index contributed by atoms with van der Waals surface area (Å²) >= 11 is 0. The highest BCUT2D eigenvalue weighted by molar-refractivity contribution is 5.74. The lowest BCUT2D eigenvalue weighted by atomic mass is 9.57. The molecule has 2 aromatic rings. The van der Waals surface area contributed by atoms with Gasteiger partial charge in [-0.2, -0.15) is 5.10 Å². The first-order valence-electron chi connectivity index (χ1n) is 8.67. The zero-order valence-corrected chi connectivity index (χ0v) is 14.5. The van der Waals surface area contributed by atoms with Gasteiger partial charge in [-0.15, -0.1) is 0 Å². The number of hydrogen-bond donors (Lipinski definition) is 2. The third-order valence-electron chi connectivity index (χ3n) is 5.42. The largest absolute Gasteiger partial charge is 0.377 e. The zero-order chi connectivity index (χ0) is 17.4. The van der Waals surface area contributed by atoms with Crippen LogP contribution in [0.4, 0.5) is 4.79 Å². The van der Waals surface area contributed by atoms with Gasteiger partial charge in [0.2, 0.25) is 0 Å². The smallest absolute Gasteiger partial charge is 0.315 e. The molecule has 132 valence electrons. The average Bonchev–Trinajstić information content (AvgIpc) is 3.28. The molecule has 0 spiro atoms. The molecule has 25 heavy (non-hydrogen) atoms. The second kappa shape index (κ2) is 6.15. The first-order chi connectivity index (χ1) is 12.1. The number of ether oxygens (including phenoxy) is 1. The standard InChI is InChI=1S/C18H23N5O2/c1-18(2)14(13-6-10-25-15(13)18)22-17(24)20-11-12-5-3-7-19-16(12)23-9-4-8-21-23/h3-5,7-9,13-15H,6,10-11H2,1-2H3,(H2,20,22,24)/t13-,14+,15+/m0/s1. The molecule has 2 amide bonds. The minimum Gasteiger partial charge on any atom is -0.377 e. The van der Waals surface area contributed by atoms with Crippen LogP contribution in [0.2, 0.25) is 0 Å². The lowest BCUT2D eigenvalue weighted by Crippen LogP contribution is -2.67. The fraction of sp³-hybridized carbons (Fsp3) is 0.500. The van der Waals surface area contributed by atoms with Gasteiger partial charge in [0.15, 0.2) is 5.82 Å². The van der Waals surface area contributed by atoms with E-state index >= 15 is 0 Å². The van der Waals surface area contributed by atoms with Crippen molar-refractivity contribution >= 4 is 6.03 Å². The number of nitrogens with one attached hydrogen (secondary N) is 2. The highest BCUT2D eigenvalue weighted by Gasteiger charge is 2.59. The Morgan fingerprint density at radius 2 is 2.28 bits per heavy atom. The van der Waals surface area contributed by atoms with Crippen LogP contribution in [0.5, 0.6) is 0 Å². The van der Waals surface area contributed by atoms with Crippen molar-refractivity contribution in [2.45, 2.75) is 39.0 Å². The highest BCUT2D eigenvalue weighted by Crippen LogP contribution is 2.52.